The summed E-state index contributed by atoms with van der Waals surface area (Å²) < 4.78 is 292. The van der Waals surface area contributed by atoms with Crippen LogP contribution in [0.25, 0.3) is 11.4 Å². The number of allylic oxidation sites excluding steroid dienone is 5. The minimum atomic E-state index is -7.49. The highest BCUT2D eigenvalue weighted by Crippen LogP contribution is 2.67. The Morgan fingerprint density at radius 2 is 0.841 bits per heavy atom. The molecular formula is C23BF20. The monoisotopic (exact) mass is 667 g/mol. The fraction of sp³-hybridized carbons (Fsp3) is 0.217. The molecule has 0 aromatic heterocycles. The molecule has 2 unspecified atom stereocenters. The lowest BCUT2D eigenvalue weighted by atomic mass is 9.41. The molecule has 3 aliphatic carbocycles. The highest BCUT2D eigenvalue weighted by atomic mass is 19.3. The van der Waals surface area contributed by atoms with Gasteiger partial charge in [0.15, 0.2) is 75.2 Å². The topological polar surface area (TPSA) is 0 Å². The normalized spacial score (nSPS) is 26.6. The number of halogens is 20. The summed E-state index contributed by atoms with van der Waals surface area (Å²) in [6.45, 7) is 0. The summed E-state index contributed by atoms with van der Waals surface area (Å²) >= 11 is 0. The molecule has 0 nitrogen and oxygen atoms in total. The van der Waals surface area contributed by atoms with Gasteiger partial charge in [0.05, 0.1) is 11.1 Å². The molecule has 2 aromatic rings. The van der Waals surface area contributed by atoms with Crippen LogP contribution < -0.4 is 0 Å². The Bertz CT molecular complexity index is 1820. The summed E-state index contributed by atoms with van der Waals surface area (Å²) in [4.78, 5) is 0. The summed E-state index contributed by atoms with van der Waals surface area (Å²) in [6.07, 6.45) is 0. The predicted molar refractivity (Wildman–Crippen MR) is 104 cm³/mol. The molecule has 0 heterocycles. The average molecular weight is 667 g/mol. The molecule has 5 rings (SSSR count). The third kappa shape index (κ3) is 3.19. The number of alkyl halides is 8. The van der Waals surface area contributed by atoms with Crippen LogP contribution in [0.3, 0.4) is 0 Å². The van der Waals surface area contributed by atoms with Gasteiger partial charge in [-0.1, -0.05) is 0 Å². The van der Waals surface area contributed by atoms with E-state index in [-0.39, 0.29) is 0 Å². The second kappa shape index (κ2) is 8.73. The predicted octanol–water partition coefficient (Wildman–Crippen LogP) is 8.91. The van der Waals surface area contributed by atoms with Crippen molar-refractivity contribution in [3.05, 3.63) is 91.8 Å². The molecule has 235 valence electrons. The van der Waals surface area contributed by atoms with Crippen LogP contribution in [-0.4, -0.2) is 24.7 Å². The standard InChI is InChI=1S/C23BF20/c25-7-3-1(8(26)13(31)14(32)10(3)28)2-4(7)19(37,18(36)17(35)9(2)27)24-20(38)5-6(12(30)16(34)15(33)11(5)29)21(39,40)23(43,44)22(20,41)42. The third-order valence-electron chi connectivity index (χ3n) is 7.08. The number of fused-ring (bicyclic) bond motifs is 4. The maximum absolute atomic E-state index is 16.3. The second-order valence-corrected chi connectivity index (χ2v) is 9.31. The fourth-order valence-corrected chi connectivity index (χ4v) is 5.05. The van der Waals surface area contributed by atoms with Gasteiger partial charge in [0.25, 0.3) is 0 Å². The highest BCUT2D eigenvalue weighted by molar-refractivity contribution is 6.48. The van der Waals surface area contributed by atoms with Crippen LogP contribution in [0.2, 0.25) is 0 Å². The minimum absolute atomic E-state index is 2.19. The molecule has 0 saturated heterocycles. The van der Waals surface area contributed by atoms with Crippen LogP contribution >= 0.6 is 0 Å². The molecule has 0 fully saturated rings. The molecule has 44 heavy (non-hydrogen) atoms. The van der Waals surface area contributed by atoms with Gasteiger partial charge < -0.3 is 0 Å². The van der Waals surface area contributed by atoms with Crippen molar-refractivity contribution in [1.29, 1.82) is 0 Å². The summed E-state index contributed by atoms with van der Waals surface area (Å²) in [5, 5.41) is 0. The molecule has 0 amide bonds. The Labute approximate surface area is 228 Å². The van der Waals surface area contributed by atoms with Crippen molar-refractivity contribution in [1.82, 2.24) is 0 Å². The quantitative estimate of drug-likeness (QED) is 0.130. The van der Waals surface area contributed by atoms with E-state index in [1.165, 1.54) is 0 Å². The zero-order valence-electron chi connectivity index (χ0n) is 19.6. The zero-order chi connectivity index (χ0) is 33.6. The van der Waals surface area contributed by atoms with E-state index >= 15 is 13.2 Å². The first-order chi connectivity index (χ1) is 19.9. The van der Waals surface area contributed by atoms with Gasteiger partial charge in [-0.2, -0.15) is 26.3 Å². The lowest BCUT2D eigenvalue weighted by Crippen LogP contribution is -2.70. The molecule has 0 N–H and O–H groups in total. The Morgan fingerprint density at radius 3 is 1.34 bits per heavy atom. The molecule has 21 heteroatoms. The van der Waals surface area contributed by atoms with Crippen LogP contribution in [-0.2, 0) is 11.5 Å². The van der Waals surface area contributed by atoms with Crippen LogP contribution in [0.5, 0.6) is 0 Å². The molecule has 1 radical (unpaired) electrons. The average Bonchev–Trinajstić information content (AvgIpc) is 3.26. The Balaban J connectivity index is 1.92. The van der Waals surface area contributed by atoms with E-state index in [0.717, 1.165) is 0 Å². The summed E-state index contributed by atoms with van der Waals surface area (Å²) in [5.74, 6) is -61.5. The molecule has 2 atom stereocenters. The van der Waals surface area contributed by atoms with Crippen molar-refractivity contribution in [3.8, 4) is 0 Å². The Hall–Kier alpha value is -3.68. The largest absolute Gasteiger partial charge is 0.379 e. The maximum atomic E-state index is 16.3. The molecule has 2 aromatic carbocycles. The molecule has 0 aliphatic heterocycles. The van der Waals surface area contributed by atoms with Crippen LogP contribution in [0.15, 0.2) is 23.1 Å². The number of benzene rings is 2. The summed E-state index contributed by atoms with van der Waals surface area (Å²) in [6, 6.07) is 0. The number of hydrogen-bond acceptors (Lipinski definition) is 0. The number of hydrogen-bond donors (Lipinski definition) is 0. The third-order valence-corrected chi connectivity index (χ3v) is 7.08. The minimum Gasteiger partial charge on any atom is -0.242 e. The number of rotatable bonds is 2. The van der Waals surface area contributed by atoms with E-state index in [1.54, 1.807) is 0 Å². The first kappa shape index (κ1) is 31.7. The Kier molecular flexibility index (Phi) is 6.30. The Morgan fingerprint density at radius 1 is 0.409 bits per heavy atom. The van der Waals surface area contributed by atoms with Crippen molar-refractivity contribution in [2.45, 2.75) is 28.9 Å². The summed E-state index contributed by atoms with van der Waals surface area (Å²) in [5.41, 5.74) is -30.5. The van der Waals surface area contributed by atoms with E-state index in [2.05, 4.69) is 0 Å². The van der Waals surface area contributed by atoms with E-state index in [9.17, 15) is 74.6 Å². The van der Waals surface area contributed by atoms with Crippen LogP contribution in [0, 0.1) is 46.5 Å². The zero-order valence-corrected chi connectivity index (χ0v) is 19.6. The van der Waals surface area contributed by atoms with Gasteiger partial charge in [-0.05, 0) is 0 Å². The van der Waals surface area contributed by atoms with Crippen molar-refractivity contribution in [3.63, 3.8) is 0 Å². The van der Waals surface area contributed by atoms with E-state index in [0.29, 0.717) is 0 Å². The van der Waals surface area contributed by atoms with Crippen molar-refractivity contribution in [2.24, 2.45) is 0 Å². The first-order valence-corrected chi connectivity index (χ1v) is 10.9. The van der Waals surface area contributed by atoms with E-state index in [4.69, 9.17) is 0 Å². The van der Waals surface area contributed by atoms with Gasteiger partial charge in [-0.25, -0.2) is 61.5 Å². The van der Waals surface area contributed by atoms with Crippen molar-refractivity contribution >= 4 is 18.7 Å². The van der Waals surface area contributed by atoms with Gasteiger partial charge >= 0.3 is 17.8 Å². The molecule has 0 saturated carbocycles. The first-order valence-electron chi connectivity index (χ1n) is 10.9. The lowest BCUT2D eigenvalue weighted by Gasteiger charge is -2.48. The smallest absolute Gasteiger partial charge is 0.242 e. The van der Waals surface area contributed by atoms with Gasteiger partial charge in [-0.15, -0.1) is 0 Å². The second-order valence-electron chi connectivity index (χ2n) is 9.31. The highest BCUT2D eigenvalue weighted by Gasteiger charge is 2.86. The van der Waals surface area contributed by atoms with Crippen LogP contribution in [0.1, 0.15) is 22.3 Å². The van der Waals surface area contributed by atoms with Gasteiger partial charge in [0.2, 0.25) is 7.28 Å². The fourth-order valence-electron chi connectivity index (χ4n) is 5.05. The summed E-state index contributed by atoms with van der Waals surface area (Å²) in [7, 11) is -2.19. The van der Waals surface area contributed by atoms with Gasteiger partial charge in [-0.3, -0.25) is 0 Å². The lowest BCUT2D eigenvalue weighted by molar-refractivity contribution is -0.351. The maximum Gasteiger partial charge on any atom is 0.379 e. The molecule has 3 aliphatic rings. The van der Waals surface area contributed by atoms with Crippen molar-refractivity contribution in [2.75, 3.05) is 0 Å². The molecular weight excluding hydrogens is 667 g/mol. The van der Waals surface area contributed by atoms with Gasteiger partial charge in [0.1, 0.15) is 5.83 Å². The van der Waals surface area contributed by atoms with Gasteiger partial charge in [0, 0.05) is 22.3 Å². The van der Waals surface area contributed by atoms with Crippen molar-refractivity contribution < 1.29 is 87.8 Å². The van der Waals surface area contributed by atoms with E-state index < -0.39 is 139 Å². The molecule has 0 spiro atoms. The molecule has 0 bridgehead atoms. The SMILES string of the molecule is FC1=C2C(=C(F)c3c(F)c(F)c(F)c(F)c32)C(F)([B]C2(F)c3c(F)c(F)c(F)c(F)c3C(F)(F)C(F)(F)C2(F)F)C(F)=C1F. The van der Waals surface area contributed by atoms with Crippen LogP contribution in [0.4, 0.5) is 87.8 Å². The van der Waals surface area contributed by atoms with E-state index in [1.807, 2.05) is 0 Å².